The average molecular weight is 173 g/mol. The van der Waals surface area contributed by atoms with Crippen LogP contribution in [0.15, 0.2) is 0 Å². The van der Waals surface area contributed by atoms with E-state index in [1.807, 2.05) is 7.05 Å². The van der Waals surface area contributed by atoms with Crippen LogP contribution in [-0.2, 0) is 9.47 Å². The zero-order chi connectivity index (χ0) is 8.65. The van der Waals surface area contributed by atoms with Crippen molar-refractivity contribution in [2.24, 2.45) is 0 Å². The fraction of sp³-hybridized carbons (Fsp3) is 1.00. The van der Waals surface area contributed by atoms with Gasteiger partial charge in [-0.2, -0.15) is 0 Å². The third-order valence-corrected chi connectivity index (χ3v) is 2.04. The minimum Gasteiger partial charge on any atom is -0.379 e. The van der Waals surface area contributed by atoms with Gasteiger partial charge < -0.3 is 14.8 Å². The number of ether oxygens (including phenoxy) is 2. The molecule has 3 heteroatoms. The molecule has 1 aliphatic heterocycles. The first-order valence-corrected chi connectivity index (χ1v) is 4.77. The van der Waals surface area contributed by atoms with Crippen LogP contribution in [0.1, 0.15) is 19.3 Å². The monoisotopic (exact) mass is 173 g/mol. The van der Waals surface area contributed by atoms with Gasteiger partial charge in [-0.1, -0.05) is 0 Å². The Bertz CT molecular complexity index is 103. The van der Waals surface area contributed by atoms with Crippen LogP contribution in [0.25, 0.3) is 0 Å². The normalized spacial score (nSPS) is 23.2. The highest BCUT2D eigenvalue weighted by atomic mass is 16.5. The molecule has 3 nitrogen and oxygen atoms in total. The maximum absolute atomic E-state index is 5.45. The molecule has 1 atom stereocenters. The summed E-state index contributed by atoms with van der Waals surface area (Å²) in [5.41, 5.74) is 0. The molecular weight excluding hydrogens is 154 g/mol. The molecule has 72 valence electrons. The molecule has 1 rings (SSSR count). The molecule has 0 amide bonds. The lowest BCUT2D eigenvalue weighted by atomic mass is 10.2. The molecule has 0 aliphatic carbocycles. The highest BCUT2D eigenvalue weighted by molar-refractivity contribution is 4.63. The zero-order valence-electron chi connectivity index (χ0n) is 7.84. The van der Waals surface area contributed by atoms with Gasteiger partial charge in [-0.15, -0.1) is 0 Å². The highest BCUT2D eigenvalue weighted by Gasteiger charge is 2.14. The molecule has 0 saturated carbocycles. The topological polar surface area (TPSA) is 30.5 Å². The molecule has 1 unspecified atom stereocenters. The Hall–Kier alpha value is -0.120. The van der Waals surface area contributed by atoms with Gasteiger partial charge >= 0.3 is 0 Å². The van der Waals surface area contributed by atoms with Crippen LogP contribution < -0.4 is 5.32 Å². The summed E-state index contributed by atoms with van der Waals surface area (Å²) >= 11 is 0. The predicted molar refractivity (Wildman–Crippen MR) is 48.3 cm³/mol. The van der Waals surface area contributed by atoms with Crippen molar-refractivity contribution in [2.45, 2.75) is 25.4 Å². The summed E-state index contributed by atoms with van der Waals surface area (Å²) in [5.74, 6) is 0. The molecule has 0 spiro atoms. The van der Waals surface area contributed by atoms with E-state index in [1.165, 1.54) is 12.8 Å². The van der Waals surface area contributed by atoms with Gasteiger partial charge in [0.1, 0.15) is 0 Å². The van der Waals surface area contributed by atoms with Crippen molar-refractivity contribution in [1.29, 1.82) is 0 Å². The molecule has 0 radical (unpaired) electrons. The molecular formula is C9H19NO2. The van der Waals surface area contributed by atoms with Crippen molar-refractivity contribution >= 4 is 0 Å². The minimum absolute atomic E-state index is 0.375. The Morgan fingerprint density at radius 2 is 2.50 bits per heavy atom. The number of rotatable bonds is 6. The molecule has 1 N–H and O–H groups in total. The largest absolute Gasteiger partial charge is 0.379 e. The summed E-state index contributed by atoms with van der Waals surface area (Å²) in [5, 5.41) is 3.08. The number of hydrogen-bond acceptors (Lipinski definition) is 3. The zero-order valence-corrected chi connectivity index (χ0v) is 7.84. The molecule has 0 aromatic heterocycles. The molecule has 0 aromatic rings. The Kier molecular flexibility index (Phi) is 5.32. The predicted octanol–water partition coefficient (Wildman–Crippen LogP) is 0.791. The van der Waals surface area contributed by atoms with Crippen LogP contribution in [0.3, 0.4) is 0 Å². The van der Waals surface area contributed by atoms with Crippen LogP contribution in [0.4, 0.5) is 0 Å². The van der Waals surface area contributed by atoms with Gasteiger partial charge in [0.15, 0.2) is 0 Å². The second kappa shape index (κ2) is 6.40. The quantitative estimate of drug-likeness (QED) is 0.602. The van der Waals surface area contributed by atoms with Crippen molar-refractivity contribution in [3.8, 4) is 0 Å². The van der Waals surface area contributed by atoms with Crippen LogP contribution in [0.5, 0.6) is 0 Å². The van der Waals surface area contributed by atoms with E-state index in [-0.39, 0.29) is 0 Å². The molecule has 1 heterocycles. The Morgan fingerprint density at radius 1 is 1.58 bits per heavy atom. The van der Waals surface area contributed by atoms with Gasteiger partial charge in [0, 0.05) is 13.2 Å². The third kappa shape index (κ3) is 4.04. The number of nitrogens with one attached hydrogen (secondary N) is 1. The van der Waals surface area contributed by atoms with Crippen LogP contribution >= 0.6 is 0 Å². The van der Waals surface area contributed by atoms with E-state index >= 15 is 0 Å². The first kappa shape index (κ1) is 9.96. The van der Waals surface area contributed by atoms with Crippen molar-refractivity contribution in [3.63, 3.8) is 0 Å². The Labute approximate surface area is 74.4 Å². The van der Waals surface area contributed by atoms with Gasteiger partial charge in [-0.3, -0.25) is 0 Å². The molecule has 1 aliphatic rings. The minimum atomic E-state index is 0.375. The standard InChI is InChI=1S/C9H19NO2/c1-10-5-3-6-11-8-9-4-2-7-12-9/h9-10H,2-8H2,1H3. The van der Waals surface area contributed by atoms with Crippen molar-refractivity contribution < 1.29 is 9.47 Å². The van der Waals surface area contributed by atoms with Crippen LogP contribution in [-0.4, -0.2) is 39.5 Å². The molecule has 0 bridgehead atoms. The fourth-order valence-electron chi connectivity index (χ4n) is 1.34. The maximum atomic E-state index is 5.45. The van der Waals surface area contributed by atoms with Crippen molar-refractivity contribution in [3.05, 3.63) is 0 Å². The van der Waals surface area contributed by atoms with Crippen LogP contribution in [0, 0.1) is 0 Å². The summed E-state index contributed by atoms with van der Waals surface area (Å²) in [6.45, 7) is 3.58. The average Bonchev–Trinajstić information content (AvgIpc) is 2.57. The summed E-state index contributed by atoms with van der Waals surface area (Å²) in [7, 11) is 1.96. The van der Waals surface area contributed by atoms with E-state index in [2.05, 4.69) is 5.32 Å². The van der Waals surface area contributed by atoms with Crippen molar-refractivity contribution in [1.82, 2.24) is 5.32 Å². The van der Waals surface area contributed by atoms with Crippen molar-refractivity contribution in [2.75, 3.05) is 33.4 Å². The number of hydrogen-bond donors (Lipinski definition) is 1. The third-order valence-electron chi connectivity index (χ3n) is 2.04. The second-order valence-electron chi connectivity index (χ2n) is 3.17. The summed E-state index contributed by atoms with van der Waals surface area (Å²) in [4.78, 5) is 0. The van der Waals surface area contributed by atoms with E-state index in [0.717, 1.165) is 32.8 Å². The Balaban J connectivity index is 1.81. The molecule has 0 aromatic carbocycles. The van der Waals surface area contributed by atoms with Gasteiger partial charge in [-0.05, 0) is 32.9 Å². The van der Waals surface area contributed by atoms with E-state index in [9.17, 15) is 0 Å². The van der Waals surface area contributed by atoms with E-state index < -0.39 is 0 Å². The molecule has 1 saturated heterocycles. The van der Waals surface area contributed by atoms with Gasteiger partial charge in [-0.25, -0.2) is 0 Å². The lowest BCUT2D eigenvalue weighted by Gasteiger charge is -2.09. The van der Waals surface area contributed by atoms with E-state index in [0.29, 0.717) is 6.10 Å². The first-order valence-electron chi connectivity index (χ1n) is 4.77. The van der Waals surface area contributed by atoms with Crippen LogP contribution in [0.2, 0.25) is 0 Å². The van der Waals surface area contributed by atoms with Gasteiger partial charge in [0.25, 0.3) is 0 Å². The lowest BCUT2D eigenvalue weighted by molar-refractivity contribution is 0.0167. The van der Waals surface area contributed by atoms with E-state index in [1.54, 1.807) is 0 Å². The molecule has 1 fully saturated rings. The van der Waals surface area contributed by atoms with Gasteiger partial charge in [0.2, 0.25) is 0 Å². The molecule has 12 heavy (non-hydrogen) atoms. The smallest absolute Gasteiger partial charge is 0.0809 e. The maximum Gasteiger partial charge on any atom is 0.0809 e. The first-order chi connectivity index (χ1) is 5.93. The summed E-state index contributed by atoms with van der Waals surface area (Å²) in [6, 6.07) is 0. The van der Waals surface area contributed by atoms with Gasteiger partial charge in [0.05, 0.1) is 12.7 Å². The fourth-order valence-corrected chi connectivity index (χ4v) is 1.34. The highest BCUT2D eigenvalue weighted by Crippen LogP contribution is 2.11. The lowest BCUT2D eigenvalue weighted by Crippen LogP contribution is -2.16. The summed E-state index contributed by atoms with van der Waals surface area (Å²) < 4.78 is 10.9. The second-order valence-corrected chi connectivity index (χ2v) is 3.17. The van der Waals surface area contributed by atoms with E-state index in [4.69, 9.17) is 9.47 Å². The Morgan fingerprint density at radius 3 is 3.17 bits per heavy atom. The summed E-state index contributed by atoms with van der Waals surface area (Å²) in [6.07, 6.45) is 3.83. The SMILES string of the molecule is CNCCCOCC1CCCO1.